The minimum absolute atomic E-state index is 0.887. The van der Waals surface area contributed by atoms with Gasteiger partial charge in [0.15, 0.2) is 9.28 Å². The van der Waals surface area contributed by atoms with E-state index < -0.39 is 0 Å². The van der Waals surface area contributed by atoms with Gasteiger partial charge in [0.1, 0.15) is 0 Å². The van der Waals surface area contributed by atoms with E-state index in [2.05, 4.69) is 50.3 Å². The molecule has 0 unspecified atom stereocenters. The molecule has 0 saturated carbocycles. The molecule has 56 valence electrons. The fourth-order valence-corrected chi connectivity index (χ4v) is 2.02. The molecule has 0 amide bonds. The SMILES string of the molecule is Ic1noc2c(I)cccc12. The van der Waals surface area contributed by atoms with Gasteiger partial charge in [-0.1, -0.05) is 11.2 Å². The predicted octanol–water partition coefficient (Wildman–Crippen LogP) is 3.04. The van der Waals surface area contributed by atoms with Gasteiger partial charge in [-0.05, 0) is 57.3 Å². The molecule has 2 nitrogen and oxygen atoms in total. The second kappa shape index (κ2) is 2.89. The summed E-state index contributed by atoms with van der Waals surface area (Å²) in [6.07, 6.45) is 0. The lowest BCUT2D eigenvalue weighted by Gasteiger charge is -1.87. The highest BCUT2D eigenvalue weighted by atomic mass is 127. The van der Waals surface area contributed by atoms with E-state index in [4.69, 9.17) is 4.52 Å². The van der Waals surface area contributed by atoms with Crippen molar-refractivity contribution in [3.8, 4) is 0 Å². The van der Waals surface area contributed by atoms with E-state index >= 15 is 0 Å². The third-order valence-electron chi connectivity index (χ3n) is 1.41. The fourth-order valence-electron chi connectivity index (χ4n) is 0.899. The van der Waals surface area contributed by atoms with E-state index in [1.165, 1.54) is 0 Å². The number of fused-ring (bicyclic) bond motifs is 1. The summed E-state index contributed by atoms with van der Waals surface area (Å²) in [7, 11) is 0. The third-order valence-corrected chi connectivity index (χ3v) is 3.03. The molecular weight excluding hydrogens is 368 g/mol. The van der Waals surface area contributed by atoms with Crippen LogP contribution in [0.1, 0.15) is 0 Å². The lowest BCUT2D eigenvalue weighted by molar-refractivity contribution is 0.449. The van der Waals surface area contributed by atoms with E-state index in [0.29, 0.717) is 0 Å². The number of nitrogens with zero attached hydrogens (tertiary/aromatic N) is 1. The number of benzene rings is 1. The molecule has 0 aliphatic carbocycles. The van der Waals surface area contributed by atoms with Crippen molar-refractivity contribution in [3.05, 3.63) is 25.5 Å². The van der Waals surface area contributed by atoms with Crippen molar-refractivity contribution in [1.29, 1.82) is 0 Å². The molecule has 0 spiro atoms. The van der Waals surface area contributed by atoms with Crippen molar-refractivity contribution in [2.75, 3.05) is 0 Å². The van der Waals surface area contributed by atoms with Gasteiger partial charge in [0, 0.05) is 0 Å². The summed E-state index contributed by atoms with van der Waals surface area (Å²) in [5, 5.41) is 4.96. The first-order valence-electron chi connectivity index (χ1n) is 2.98. The molecule has 1 heterocycles. The minimum atomic E-state index is 0.887. The second-order valence-corrected chi connectivity index (χ2v) is 4.27. The highest BCUT2D eigenvalue weighted by Gasteiger charge is 2.06. The molecule has 0 aliphatic rings. The molecule has 2 rings (SSSR count). The van der Waals surface area contributed by atoms with Gasteiger partial charge in [0.05, 0.1) is 8.96 Å². The summed E-state index contributed by atoms with van der Waals surface area (Å²) in [6, 6.07) is 6.02. The first-order chi connectivity index (χ1) is 5.29. The Morgan fingerprint density at radius 1 is 1.27 bits per heavy atom. The van der Waals surface area contributed by atoms with Gasteiger partial charge in [-0.3, -0.25) is 0 Å². The number of hydrogen-bond acceptors (Lipinski definition) is 2. The van der Waals surface area contributed by atoms with Crippen molar-refractivity contribution in [3.63, 3.8) is 0 Å². The van der Waals surface area contributed by atoms with Crippen LogP contribution in [-0.2, 0) is 0 Å². The lowest BCUT2D eigenvalue weighted by atomic mass is 10.3. The Balaban J connectivity index is 2.94. The summed E-state index contributed by atoms with van der Waals surface area (Å²) in [6.45, 7) is 0. The van der Waals surface area contributed by atoms with Crippen LogP contribution in [-0.4, -0.2) is 5.16 Å². The van der Waals surface area contributed by atoms with Gasteiger partial charge in [-0.15, -0.1) is 0 Å². The van der Waals surface area contributed by atoms with Crippen LogP contribution in [0.4, 0.5) is 0 Å². The van der Waals surface area contributed by atoms with Crippen molar-refractivity contribution in [2.24, 2.45) is 0 Å². The molecule has 0 N–H and O–H groups in total. The highest BCUT2D eigenvalue weighted by Crippen LogP contribution is 2.23. The summed E-state index contributed by atoms with van der Waals surface area (Å²) in [4.78, 5) is 0. The van der Waals surface area contributed by atoms with Crippen LogP contribution >= 0.6 is 45.2 Å². The van der Waals surface area contributed by atoms with Crippen LogP contribution in [0.15, 0.2) is 22.7 Å². The van der Waals surface area contributed by atoms with Gasteiger partial charge >= 0.3 is 0 Å². The molecule has 1 aromatic heterocycles. The Bertz CT molecular complexity index is 396. The average molecular weight is 371 g/mol. The molecule has 2 aromatic rings. The van der Waals surface area contributed by atoms with Gasteiger partial charge in [0.2, 0.25) is 0 Å². The van der Waals surface area contributed by atoms with E-state index in [1.54, 1.807) is 0 Å². The Morgan fingerprint density at radius 2 is 2.09 bits per heavy atom. The number of rotatable bonds is 0. The van der Waals surface area contributed by atoms with Crippen molar-refractivity contribution in [1.82, 2.24) is 5.16 Å². The largest absolute Gasteiger partial charge is 0.354 e. The maximum Gasteiger partial charge on any atom is 0.181 e. The molecule has 0 bridgehead atoms. The summed E-state index contributed by atoms with van der Waals surface area (Å²) in [5.41, 5.74) is 0.887. The third kappa shape index (κ3) is 1.26. The zero-order valence-corrected chi connectivity index (χ0v) is 9.66. The average Bonchev–Trinajstić information content (AvgIpc) is 2.35. The van der Waals surface area contributed by atoms with Crippen LogP contribution in [0.25, 0.3) is 11.0 Å². The smallest absolute Gasteiger partial charge is 0.181 e. The van der Waals surface area contributed by atoms with E-state index in [1.807, 2.05) is 18.2 Å². The molecule has 1 aromatic carbocycles. The first kappa shape index (κ1) is 7.78. The lowest BCUT2D eigenvalue weighted by Crippen LogP contribution is -1.71. The van der Waals surface area contributed by atoms with Crippen LogP contribution < -0.4 is 0 Å². The van der Waals surface area contributed by atoms with Gasteiger partial charge < -0.3 is 4.52 Å². The van der Waals surface area contributed by atoms with Crippen molar-refractivity contribution >= 4 is 56.2 Å². The van der Waals surface area contributed by atoms with Gasteiger partial charge in [0.25, 0.3) is 0 Å². The van der Waals surface area contributed by atoms with Crippen LogP contribution in [0, 0.1) is 7.27 Å². The van der Waals surface area contributed by atoms with Crippen LogP contribution in [0.2, 0.25) is 0 Å². The molecule has 11 heavy (non-hydrogen) atoms. The summed E-state index contributed by atoms with van der Waals surface area (Å²) in [5.74, 6) is 0. The predicted molar refractivity (Wildman–Crippen MR) is 59.4 cm³/mol. The topological polar surface area (TPSA) is 26.0 Å². The Hall–Kier alpha value is 0.150. The Labute approximate surface area is 90.6 Å². The first-order valence-corrected chi connectivity index (χ1v) is 5.14. The molecule has 0 fully saturated rings. The van der Waals surface area contributed by atoms with E-state index in [0.717, 1.165) is 18.2 Å². The molecular formula is C7H3I2NO. The molecule has 4 heteroatoms. The Kier molecular flexibility index (Phi) is 2.04. The number of para-hydroxylation sites is 1. The monoisotopic (exact) mass is 371 g/mol. The Morgan fingerprint density at radius 3 is 2.82 bits per heavy atom. The quantitative estimate of drug-likeness (QED) is 0.666. The minimum Gasteiger partial charge on any atom is -0.354 e. The number of aromatic nitrogens is 1. The van der Waals surface area contributed by atoms with E-state index in [-0.39, 0.29) is 0 Å². The van der Waals surface area contributed by atoms with Crippen molar-refractivity contribution in [2.45, 2.75) is 0 Å². The normalized spacial score (nSPS) is 10.7. The standard InChI is InChI=1S/C7H3I2NO/c8-5-3-1-2-4-6(5)11-10-7(4)9/h1-3H. The summed E-state index contributed by atoms with van der Waals surface area (Å²) < 4.78 is 7.15. The zero-order valence-electron chi connectivity index (χ0n) is 5.34. The van der Waals surface area contributed by atoms with Gasteiger partial charge in [-0.2, -0.15) is 0 Å². The maximum atomic E-state index is 5.11. The summed E-state index contributed by atoms with van der Waals surface area (Å²) >= 11 is 4.40. The van der Waals surface area contributed by atoms with Crippen LogP contribution in [0.3, 0.4) is 0 Å². The van der Waals surface area contributed by atoms with Crippen LogP contribution in [0.5, 0.6) is 0 Å². The molecule has 0 aliphatic heterocycles. The van der Waals surface area contributed by atoms with Gasteiger partial charge in [-0.25, -0.2) is 0 Å². The maximum absolute atomic E-state index is 5.11. The molecule has 0 atom stereocenters. The zero-order chi connectivity index (χ0) is 7.84. The highest BCUT2D eigenvalue weighted by molar-refractivity contribution is 14.1. The van der Waals surface area contributed by atoms with Crippen molar-refractivity contribution < 1.29 is 4.52 Å². The number of hydrogen-bond donors (Lipinski definition) is 0. The molecule has 0 saturated heterocycles. The fraction of sp³-hybridized carbons (Fsp3) is 0. The second-order valence-electron chi connectivity index (χ2n) is 2.09. The van der Waals surface area contributed by atoms with E-state index in [9.17, 15) is 0 Å². The number of halogens is 2. The molecule has 0 radical (unpaired) electrons.